The fraction of sp³-hybridized carbons (Fsp3) is 0.588. The first kappa shape index (κ1) is 15.6. The molecule has 0 radical (unpaired) electrons. The Labute approximate surface area is 130 Å². The van der Waals surface area contributed by atoms with Crippen molar-refractivity contribution in [3.8, 4) is 0 Å². The van der Waals surface area contributed by atoms with E-state index in [0.29, 0.717) is 6.42 Å². The molecule has 1 atom stereocenters. The second-order valence-electron chi connectivity index (χ2n) is 5.79. The summed E-state index contributed by atoms with van der Waals surface area (Å²) in [5, 5.41) is 3.06. The highest BCUT2D eigenvalue weighted by Gasteiger charge is 2.15. The summed E-state index contributed by atoms with van der Waals surface area (Å²) in [5.74, 6) is 0.913. The molecule has 20 heavy (non-hydrogen) atoms. The van der Waals surface area contributed by atoms with E-state index in [9.17, 15) is 4.79 Å². The monoisotopic (exact) mass is 337 g/mol. The Bertz CT molecular complexity index is 438. The summed E-state index contributed by atoms with van der Waals surface area (Å²) in [6.45, 7) is 2.08. The summed E-state index contributed by atoms with van der Waals surface area (Å²) in [6.07, 6.45) is 8.36. The van der Waals surface area contributed by atoms with Gasteiger partial charge in [0.15, 0.2) is 0 Å². The molecule has 2 rings (SSSR count). The van der Waals surface area contributed by atoms with E-state index < -0.39 is 0 Å². The molecule has 0 aliphatic heterocycles. The molecule has 1 saturated carbocycles. The normalized spacial score (nSPS) is 17.7. The van der Waals surface area contributed by atoms with Crippen molar-refractivity contribution in [3.05, 3.63) is 29.8 Å². The quantitative estimate of drug-likeness (QED) is 0.712. The zero-order valence-corrected chi connectivity index (χ0v) is 13.8. The zero-order valence-electron chi connectivity index (χ0n) is 12.2. The molecule has 1 N–H and O–H groups in total. The van der Waals surface area contributed by atoms with Gasteiger partial charge in [-0.05, 0) is 30.9 Å². The van der Waals surface area contributed by atoms with E-state index in [4.69, 9.17) is 0 Å². The minimum absolute atomic E-state index is 0.149. The number of carbonyl (C=O) groups excluding carboxylic acids is 1. The predicted octanol–water partition coefficient (Wildman–Crippen LogP) is 5.44. The first-order chi connectivity index (χ1) is 9.66. The van der Waals surface area contributed by atoms with Crippen molar-refractivity contribution in [2.75, 3.05) is 5.32 Å². The number of alkyl halides is 1. The number of halogens is 1. The lowest BCUT2D eigenvalue weighted by Gasteiger charge is -2.21. The van der Waals surface area contributed by atoms with E-state index in [1.54, 1.807) is 0 Å². The zero-order chi connectivity index (χ0) is 14.4. The van der Waals surface area contributed by atoms with E-state index in [-0.39, 0.29) is 10.7 Å². The lowest BCUT2D eigenvalue weighted by molar-refractivity contribution is -0.116. The highest BCUT2D eigenvalue weighted by Crippen LogP contribution is 2.30. The Kier molecular flexibility index (Phi) is 6.08. The van der Waals surface area contributed by atoms with Crippen molar-refractivity contribution in [1.29, 1.82) is 0 Å². The van der Waals surface area contributed by atoms with Gasteiger partial charge >= 0.3 is 0 Å². The summed E-state index contributed by atoms with van der Waals surface area (Å²) >= 11 is 3.57. The number of hydrogen-bond donors (Lipinski definition) is 1. The largest absolute Gasteiger partial charge is 0.326 e. The third kappa shape index (κ3) is 4.62. The van der Waals surface area contributed by atoms with Crippen LogP contribution in [0.1, 0.15) is 62.3 Å². The Balaban J connectivity index is 1.85. The molecule has 1 amide bonds. The molecule has 0 aromatic heterocycles. The van der Waals surface area contributed by atoms with Crippen LogP contribution in [0.5, 0.6) is 0 Å². The van der Waals surface area contributed by atoms with Crippen LogP contribution in [0.3, 0.4) is 0 Å². The molecule has 0 spiro atoms. The maximum atomic E-state index is 12.1. The van der Waals surface area contributed by atoms with Crippen molar-refractivity contribution in [2.24, 2.45) is 5.92 Å². The van der Waals surface area contributed by atoms with Crippen molar-refractivity contribution < 1.29 is 4.79 Å². The van der Waals surface area contributed by atoms with Crippen LogP contribution in [0.4, 0.5) is 5.69 Å². The van der Waals surface area contributed by atoms with Crippen molar-refractivity contribution in [3.63, 3.8) is 0 Å². The van der Waals surface area contributed by atoms with Gasteiger partial charge in [-0.25, -0.2) is 0 Å². The Hall–Kier alpha value is -0.830. The number of carbonyl (C=O) groups is 1. The molecule has 1 aliphatic rings. The maximum Gasteiger partial charge on any atom is 0.224 e. The second-order valence-corrected chi connectivity index (χ2v) is 7.17. The summed E-state index contributed by atoms with van der Waals surface area (Å²) in [5.41, 5.74) is 2.07. The molecule has 3 heteroatoms. The predicted molar refractivity (Wildman–Crippen MR) is 88.2 cm³/mol. The first-order valence-electron chi connectivity index (χ1n) is 7.69. The van der Waals surface area contributed by atoms with Gasteiger partial charge in [0, 0.05) is 16.9 Å². The highest BCUT2D eigenvalue weighted by atomic mass is 79.9. The lowest BCUT2D eigenvalue weighted by Crippen LogP contribution is -2.15. The minimum atomic E-state index is 0.149. The number of amides is 1. The van der Waals surface area contributed by atoms with E-state index in [1.807, 2.05) is 18.2 Å². The summed E-state index contributed by atoms with van der Waals surface area (Å²) < 4.78 is 0. The lowest BCUT2D eigenvalue weighted by atomic mass is 9.86. The van der Waals surface area contributed by atoms with Crippen molar-refractivity contribution in [1.82, 2.24) is 0 Å². The average Bonchev–Trinajstić information content (AvgIpc) is 2.46. The van der Waals surface area contributed by atoms with E-state index in [2.05, 4.69) is 34.2 Å². The first-order valence-corrected chi connectivity index (χ1v) is 8.61. The van der Waals surface area contributed by atoms with Crippen molar-refractivity contribution in [2.45, 2.75) is 56.7 Å². The van der Waals surface area contributed by atoms with E-state index in [0.717, 1.165) is 23.6 Å². The molecule has 0 heterocycles. The molecule has 0 saturated heterocycles. The summed E-state index contributed by atoms with van der Waals surface area (Å²) in [6, 6.07) is 8.00. The summed E-state index contributed by atoms with van der Waals surface area (Å²) in [4.78, 5) is 12.4. The van der Waals surface area contributed by atoms with Crippen LogP contribution < -0.4 is 5.32 Å². The molecule has 1 aromatic rings. The molecule has 110 valence electrons. The Morgan fingerprint density at radius 1 is 1.30 bits per heavy atom. The fourth-order valence-electron chi connectivity index (χ4n) is 2.98. The number of nitrogens with one attached hydrogen (secondary N) is 1. The van der Waals surface area contributed by atoms with Crippen LogP contribution in [-0.2, 0) is 4.79 Å². The topological polar surface area (TPSA) is 29.1 Å². The van der Waals surface area contributed by atoms with Crippen LogP contribution in [-0.4, -0.2) is 5.91 Å². The van der Waals surface area contributed by atoms with E-state index >= 15 is 0 Å². The number of rotatable bonds is 5. The van der Waals surface area contributed by atoms with Gasteiger partial charge in [-0.3, -0.25) is 4.79 Å². The van der Waals surface area contributed by atoms with Gasteiger partial charge in [0.1, 0.15) is 0 Å². The van der Waals surface area contributed by atoms with Gasteiger partial charge in [0.05, 0.1) is 0 Å². The van der Waals surface area contributed by atoms with Crippen LogP contribution in [0.15, 0.2) is 24.3 Å². The number of hydrogen-bond acceptors (Lipinski definition) is 1. The minimum Gasteiger partial charge on any atom is -0.326 e. The number of para-hydroxylation sites is 1. The van der Waals surface area contributed by atoms with Gasteiger partial charge in [-0.1, -0.05) is 66.2 Å². The average molecular weight is 338 g/mol. The van der Waals surface area contributed by atoms with Crippen LogP contribution in [0.2, 0.25) is 0 Å². The molecule has 1 fully saturated rings. The third-order valence-electron chi connectivity index (χ3n) is 4.17. The van der Waals surface area contributed by atoms with Crippen LogP contribution >= 0.6 is 15.9 Å². The van der Waals surface area contributed by atoms with Crippen LogP contribution in [0, 0.1) is 5.92 Å². The summed E-state index contributed by atoms with van der Waals surface area (Å²) in [7, 11) is 0. The van der Waals surface area contributed by atoms with Gasteiger partial charge in [0.2, 0.25) is 5.91 Å². The van der Waals surface area contributed by atoms with Gasteiger partial charge in [-0.15, -0.1) is 0 Å². The molecular formula is C17H24BrNO. The van der Waals surface area contributed by atoms with Gasteiger partial charge < -0.3 is 5.32 Å². The third-order valence-corrected chi connectivity index (χ3v) is 4.66. The molecule has 1 aliphatic carbocycles. The van der Waals surface area contributed by atoms with Crippen molar-refractivity contribution >= 4 is 27.5 Å². The van der Waals surface area contributed by atoms with Gasteiger partial charge in [0.25, 0.3) is 0 Å². The molecule has 1 aromatic carbocycles. The smallest absolute Gasteiger partial charge is 0.224 e. The second kappa shape index (κ2) is 7.82. The molecule has 0 bridgehead atoms. The van der Waals surface area contributed by atoms with Crippen LogP contribution in [0.25, 0.3) is 0 Å². The number of anilines is 1. The van der Waals surface area contributed by atoms with E-state index in [1.165, 1.54) is 32.1 Å². The molecule has 2 nitrogen and oxygen atoms in total. The standard InChI is InChI=1S/C17H24BrNO/c1-13(18)15-9-5-6-10-16(15)19-17(20)12-11-14-7-3-2-4-8-14/h5-6,9-10,13-14H,2-4,7-8,11-12H2,1H3,(H,19,20). The number of benzene rings is 1. The SMILES string of the molecule is CC(Br)c1ccccc1NC(=O)CCC1CCCCC1. The highest BCUT2D eigenvalue weighted by molar-refractivity contribution is 9.09. The maximum absolute atomic E-state index is 12.1. The molecular weight excluding hydrogens is 314 g/mol. The molecule has 1 unspecified atom stereocenters. The van der Waals surface area contributed by atoms with Gasteiger partial charge in [-0.2, -0.15) is 0 Å². The fourth-order valence-corrected chi connectivity index (χ4v) is 3.38. The Morgan fingerprint density at radius 3 is 2.70 bits per heavy atom. The Morgan fingerprint density at radius 2 is 2.00 bits per heavy atom.